The van der Waals surface area contributed by atoms with Crippen LogP contribution in [0, 0.1) is 17.8 Å². The minimum Gasteiger partial charge on any atom is -0.317 e. The molecule has 0 aliphatic heterocycles. The molecule has 3 aliphatic carbocycles. The Balaban J connectivity index is 1.51. The lowest BCUT2D eigenvalue weighted by atomic mass is 9.69. The maximum absolute atomic E-state index is 14.7. The molecule has 3 atom stereocenters. The van der Waals surface area contributed by atoms with Crippen molar-refractivity contribution in [3.63, 3.8) is 0 Å². The molecular weight excluding hydrogens is 486 g/mol. The van der Waals surface area contributed by atoms with Crippen molar-refractivity contribution in [3.8, 4) is 0 Å². The molecule has 3 fully saturated rings. The fourth-order valence-electron chi connectivity index (χ4n) is 5.65. The highest BCUT2D eigenvalue weighted by atomic mass is 19.4. The Morgan fingerprint density at radius 3 is 1.56 bits per heavy atom. The van der Waals surface area contributed by atoms with Crippen molar-refractivity contribution in [1.82, 2.24) is 0 Å². The molecule has 0 radical (unpaired) electrons. The Morgan fingerprint density at radius 1 is 0.618 bits per heavy atom. The van der Waals surface area contributed by atoms with Crippen LogP contribution in [-0.4, -0.2) is 49.1 Å². The molecule has 0 bridgehead atoms. The van der Waals surface area contributed by atoms with E-state index in [1.807, 2.05) is 0 Å². The molecule has 0 aromatic heterocycles. The third-order valence-corrected chi connectivity index (χ3v) is 7.39. The average Bonchev–Trinajstić information content (AvgIpc) is 2.73. The van der Waals surface area contributed by atoms with Crippen LogP contribution in [0.2, 0.25) is 0 Å². The van der Waals surface area contributed by atoms with Crippen LogP contribution in [0.5, 0.6) is 0 Å². The molecule has 2 nitrogen and oxygen atoms in total. The second-order valence-electron chi connectivity index (χ2n) is 9.85. The van der Waals surface area contributed by atoms with Gasteiger partial charge in [0.15, 0.2) is 0 Å². The SMILES string of the molecule is FC1CC(C2CCCCC2)CC(F)C1C(F)(F)OC1CCC(OC(F)(F)C(F)C(F)(F)F)CC1. The molecule has 12 heteroatoms. The minimum absolute atomic E-state index is 0.121. The first-order valence-electron chi connectivity index (χ1n) is 11.8. The molecule has 0 saturated heterocycles. The van der Waals surface area contributed by atoms with Gasteiger partial charge in [0.25, 0.3) is 6.17 Å². The number of halogens is 10. The van der Waals surface area contributed by atoms with Crippen molar-refractivity contribution in [1.29, 1.82) is 0 Å². The van der Waals surface area contributed by atoms with Gasteiger partial charge in [-0.25, -0.2) is 13.2 Å². The zero-order chi connectivity index (χ0) is 25.3. The van der Waals surface area contributed by atoms with Gasteiger partial charge < -0.3 is 9.47 Å². The Labute approximate surface area is 191 Å². The van der Waals surface area contributed by atoms with Gasteiger partial charge in [-0.2, -0.15) is 30.7 Å². The first-order valence-corrected chi connectivity index (χ1v) is 11.8. The van der Waals surface area contributed by atoms with Crippen LogP contribution in [0.1, 0.15) is 70.6 Å². The van der Waals surface area contributed by atoms with E-state index in [0.29, 0.717) is 0 Å². The predicted octanol–water partition coefficient (Wildman–Crippen LogP) is 7.70. The third kappa shape index (κ3) is 6.70. The van der Waals surface area contributed by atoms with Crippen molar-refractivity contribution < 1.29 is 53.4 Å². The van der Waals surface area contributed by atoms with Gasteiger partial charge in [0.2, 0.25) is 0 Å². The van der Waals surface area contributed by atoms with Gasteiger partial charge in [-0.3, -0.25) is 0 Å². The highest BCUT2D eigenvalue weighted by molar-refractivity contribution is 4.94. The van der Waals surface area contributed by atoms with Crippen LogP contribution in [0.25, 0.3) is 0 Å². The largest absolute Gasteiger partial charge is 0.428 e. The lowest BCUT2D eigenvalue weighted by Gasteiger charge is -2.42. The van der Waals surface area contributed by atoms with E-state index in [1.165, 1.54) is 0 Å². The van der Waals surface area contributed by atoms with E-state index in [9.17, 15) is 43.9 Å². The van der Waals surface area contributed by atoms with Gasteiger partial charge in [0.1, 0.15) is 18.3 Å². The second kappa shape index (κ2) is 10.7. The Bertz CT molecular complexity index is 632. The molecule has 3 unspecified atom stereocenters. The van der Waals surface area contributed by atoms with E-state index in [-0.39, 0.29) is 37.5 Å². The number of ether oxygens (including phenoxy) is 2. The van der Waals surface area contributed by atoms with Gasteiger partial charge in [0.05, 0.1) is 12.2 Å². The van der Waals surface area contributed by atoms with Gasteiger partial charge >= 0.3 is 18.4 Å². The van der Waals surface area contributed by atoms with Crippen molar-refractivity contribution in [2.45, 2.75) is 120 Å². The predicted molar refractivity (Wildman–Crippen MR) is 102 cm³/mol. The number of hydrogen-bond donors (Lipinski definition) is 0. The first-order chi connectivity index (χ1) is 15.7. The Morgan fingerprint density at radius 2 is 1.09 bits per heavy atom. The summed E-state index contributed by atoms with van der Waals surface area (Å²) in [6.07, 6.45) is -23.7. The lowest BCUT2D eigenvalue weighted by Crippen LogP contribution is -2.51. The average molecular weight is 516 g/mol. The van der Waals surface area contributed by atoms with Crippen molar-refractivity contribution in [3.05, 3.63) is 0 Å². The molecule has 0 N–H and O–H groups in total. The summed E-state index contributed by atoms with van der Waals surface area (Å²) in [5.74, 6) is -2.47. The summed E-state index contributed by atoms with van der Waals surface area (Å²) in [4.78, 5) is 0. The van der Waals surface area contributed by atoms with Crippen LogP contribution in [-0.2, 0) is 9.47 Å². The van der Waals surface area contributed by atoms with E-state index in [1.54, 1.807) is 0 Å². The van der Waals surface area contributed by atoms with Crippen LogP contribution in [0.4, 0.5) is 43.9 Å². The maximum Gasteiger partial charge on any atom is 0.428 e. The van der Waals surface area contributed by atoms with Crippen LogP contribution >= 0.6 is 0 Å². The molecule has 0 spiro atoms. The van der Waals surface area contributed by atoms with Crippen molar-refractivity contribution in [2.24, 2.45) is 17.8 Å². The summed E-state index contributed by atoms with van der Waals surface area (Å²) in [5, 5.41) is 0. The molecule has 3 aliphatic rings. The molecule has 3 saturated carbocycles. The minimum atomic E-state index is -5.83. The quantitative estimate of drug-likeness (QED) is 0.323. The number of hydrogen-bond acceptors (Lipinski definition) is 2. The molecule has 200 valence electrons. The maximum atomic E-state index is 14.7. The molecular formula is C22H30F10O2. The lowest BCUT2D eigenvalue weighted by molar-refractivity contribution is -0.354. The van der Waals surface area contributed by atoms with E-state index < -0.39 is 67.9 Å². The van der Waals surface area contributed by atoms with Gasteiger partial charge in [-0.05, 0) is 50.4 Å². The van der Waals surface area contributed by atoms with E-state index in [0.717, 1.165) is 32.1 Å². The van der Waals surface area contributed by atoms with Crippen molar-refractivity contribution >= 4 is 0 Å². The smallest absolute Gasteiger partial charge is 0.317 e. The van der Waals surface area contributed by atoms with Gasteiger partial charge in [-0.1, -0.05) is 32.1 Å². The van der Waals surface area contributed by atoms with E-state index >= 15 is 0 Å². The topological polar surface area (TPSA) is 18.5 Å². The summed E-state index contributed by atoms with van der Waals surface area (Å²) in [5.41, 5.74) is 0. The highest BCUT2D eigenvalue weighted by Crippen LogP contribution is 2.48. The molecule has 3 rings (SSSR count). The van der Waals surface area contributed by atoms with Crippen LogP contribution < -0.4 is 0 Å². The Kier molecular flexibility index (Phi) is 8.74. The van der Waals surface area contributed by atoms with Gasteiger partial charge in [0, 0.05) is 0 Å². The fourth-order valence-corrected chi connectivity index (χ4v) is 5.65. The second-order valence-corrected chi connectivity index (χ2v) is 9.85. The fraction of sp³-hybridized carbons (Fsp3) is 1.00. The first kappa shape index (κ1) is 27.8. The number of alkyl halides is 10. The van der Waals surface area contributed by atoms with E-state index in [4.69, 9.17) is 4.74 Å². The zero-order valence-corrected chi connectivity index (χ0v) is 18.5. The molecule has 34 heavy (non-hydrogen) atoms. The molecule has 0 heterocycles. The monoisotopic (exact) mass is 516 g/mol. The highest BCUT2D eigenvalue weighted by Gasteiger charge is 2.59. The van der Waals surface area contributed by atoms with Crippen molar-refractivity contribution in [2.75, 3.05) is 0 Å². The standard InChI is InChI=1S/C22H30F10O2/c23-16-10-13(12-4-2-1-3-5-12)11-17(24)18(16)21(29,30)33-14-6-8-15(9-7-14)34-22(31,32)19(25)20(26,27)28/h12-19H,1-11H2. The molecule has 0 amide bonds. The summed E-state index contributed by atoms with van der Waals surface area (Å²) < 4.78 is 144. The molecule has 0 aromatic rings. The van der Waals surface area contributed by atoms with Gasteiger partial charge in [-0.15, -0.1) is 0 Å². The number of rotatable bonds is 7. The molecule has 0 aromatic carbocycles. The van der Waals surface area contributed by atoms with E-state index in [2.05, 4.69) is 4.74 Å². The summed E-state index contributed by atoms with van der Waals surface area (Å²) in [7, 11) is 0. The summed E-state index contributed by atoms with van der Waals surface area (Å²) >= 11 is 0. The van der Waals surface area contributed by atoms with Crippen LogP contribution in [0.15, 0.2) is 0 Å². The zero-order valence-electron chi connectivity index (χ0n) is 18.5. The summed E-state index contributed by atoms with van der Waals surface area (Å²) in [6, 6.07) is 0. The summed E-state index contributed by atoms with van der Waals surface area (Å²) in [6.45, 7) is 0. The third-order valence-electron chi connectivity index (χ3n) is 7.39. The van der Waals surface area contributed by atoms with Crippen LogP contribution in [0.3, 0.4) is 0 Å². The normalized spacial score (nSPS) is 35.8. The Hall–Kier alpha value is -0.780.